The second-order valence-corrected chi connectivity index (χ2v) is 4.70. The van der Waals surface area contributed by atoms with Crippen LogP contribution in [0.4, 0.5) is 0 Å². The molecule has 0 saturated carbocycles. The van der Waals surface area contributed by atoms with E-state index in [2.05, 4.69) is 4.79 Å². The van der Waals surface area contributed by atoms with Crippen LogP contribution >= 0.6 is 11.6 Å². The van der Waals surface area contributed by atoms with E-state index in [4.69, 9.17) is 17.1 Å². The molecule has 0 bridgehead atoms. The Labute approximate surface area is 113 Å². The van der Waals surface area contributed by atoms with Gasteiger partial charge in [0.05, 0.1) is 0 Å². The Bertz CT molecular complexity index is 740. The monoisotopic (exact) mass is 270 g/mol. The van der Waals surface area contributed by atoms with Gasteiger partial charge in [-0.25, -0.2) is 0 Å². The van der Waals surface area contributed by atoms with Crippen LogP contribution in [-0.2, 0) is 0 Å². The number of hydrogen-bond donors (Lipinski definition) is 0. The van der Waals surface area contributed by atoms with Gasteiger partial charge in [-0.05, 0) is 6.08 Å². The second-order valence-electron chi connectivity index (χ2n) is 4.29. The molecule has 0 radical (unpaired) electrons. The lowest BCUT2D eigenvalue weighted by atomic mass is 9.74. The van der Waals surface area contributed by atoms with Crippen LogP contribution in [0, 0.1) is 5.92 Å². The molecule has 92 valence electrons. The lowest BCUT2D eigenvalue weighted by Crippen LogP contribution is -2.37. The Morgan fingerprint density at radius 2 is 1.79 bits per heavy atom. The summed E-state index contributed by atoms with van der Waals surface area (Å²) < 4.78 is 0. The van der Waals surface area contributed by atoms with E-state index in [0.717, 1.165) is 0 Å². The first-order valence-corrected chi connectivity index (χ1v) is 6.00. The van der Waals surface area contributed by atoms with Crippen LogP contribution < -0.4 is 0 Å². The van der Waals surface area contributed by atoms with Crippen LogP contribution in [0.3, 0.4) is 0 Å². The molecule has 2 aliphatic rings. The van der Waals surface area contributed by atoms with Gasteiger partial charge in [-0.15, -0.1) is 0 Å². The summed E-state index contributed by atoms with van der Waals surface area (Å²) in [5.41, 5.74) is 10.0. The summed E-state index contributed by atoms with van der Waals surface area (Å²) >= 11 is 5.90. The number of ketones is 2. The van der Waals surface area contributed by atoms with Gasteiger partial charge in [0.2, 0.25) is 0 Å². The van der Waals surface area contributed by atoms with Crippen molar-refractivity contribution in [3.05, 3.63) is 63.7 Å². The van der Waals surface area contributed by atoms with Crippen molar-refractivity contribution in [2.24, 2.45) is 5.92 Å². The Kier molecular flexibility index (Phi) is 2.56. The zero-order chi connectivity index (χ0) is 13.6. The van der Waals surface area contributed by atoms with Crippen molar-refractivity contribution in [2.45, 2.75) is 0 Å². The van der Waals surface area contributed by atoms with Gasteiger partial charge in [-0.2, -0.15) is 4.79 Å². The maximum Gasteiger partial charge on any atom is 0.325 e. The van der Waals surface area contributed by atoms with Crippen molar-refractivity contribution in [1.29, 1.82) is 0 Å². The Balaban J connectivity index is 2.30. The SMILES string of the molecule is [N-]=[N+]=C1C(Cl)=CC=C2C(=O)c3ccccc3C(=O)C21. The van der Waals surface area contributed by atoms with Gasteiger partial charge < -0.3 is 5.53 Å². The average molecular weight is 271 g/mol. The molecule has 1 aromatic rings. The summed E-state index contributed by atoms with van der Waals surface area (Å²) in [6.45, 7) is 0. The van der Waals surface area contributed by atoms with Crippen molar-refractivity contribution in [1.82, 2.24) is 0 Å². The van der Waals surface area contributed by atoms with Gasteiger partial charge in [0.15, 0.2) is 17.5 Å². The third-order valence-corrected chi connectivity index (χ3v) is 3.63. The fourth-order valence-corrected chi connectivity index (χ4v) is 2.62. The minimum Gasteiger partial charge on any atom is -0.361 e. The maximum absolute atomic E-state index is 12.4. The number of carbonyl (C=O) groups is 2. The highest BCUT2D eigenvalue weighted by molar-refractivity contribution is 6.47. The molecule has 0 spiro atoms. The molecule has 0 fully saturated rings. The molecule has 4 nitrogen and oxygen atoms in total. The molecule has 0 aliphatic heterocycles. The number of Topliss-reactive ketones (excluding diaryl/α,β-unsaturated/α-hetero) is 2. The fourth-order valence-electron chi connectivity index (χ4n) is 2.41. The Morgan fingerprint density at radius 1 is 1.11 bits per heavy atom. The molecule has 5 heteroatoms. The molecule has 0 amide bonds. The molecule has 0 N–H and O–H groups in total. The number of hydrogen-bond acceptors (Lipinski definition) is 2. The highest BCUT2D eigenvalue weighted by Crippen LogP contribution is 2.35. The first-order valence-electron chi connectivity index (χ1n) is 5.62. The summed E-state index contributed by atoms with van der Waals surface area (Å²) in [7, 11) is 0. The normalized spacial score (nSPS) is 21.1. The van der Waals surface area contributed by atoms with Crippen molar-refractivity contribution < 1.29 is 14.4 Å². The van der Waals surface area contributed by atoms with E-state index in [1.54, 1.807) is 24.3 Å². The number of fused-ring (bicyclic) bond motifs is 2. The van der Waals surface area contributed by atoms with E-state index in [1.165, 1.54) is 12.2 Å². The molecule has 19 heavy (non-hydrogen) atoms. The van der Waals surface area contributed by atoms with Gasteiger partial charge in [0.1, 0.15) is 5.03 Å². The standard InChI is InChI=1S/C14H7ClN2O2/c15-10-6-5-9-11(12(10)17-16)14(19)8-4-2-1-3-7(8)13(9)18/h1-6,11H. The molecule has 0 saturated heterocycles. The minimum absolute atomic E-state index is 0.0204. The van der Waals surface area contributed by atoms with E-state index in [0.29, 0.717) is 16.7 Å². The third-order valence-electron chi connectivity index (χ3n) is 3.31. The summed E-state index contributed by atoms with van der Waals surface area (Å²) in [5.74, 6) is -1.42. The van der Waals surface area contributed by atoms with Crippen LogP contribution in [0.2, 0.25) is 0 Å². The number of halogens is 1. The van der Waals surface area contributed by atoms with E-state index >= 15 is 0 Å². The topological polar surface area (TPSA) is 70.5 Å². The van der Waals surface area contributed by atoms with E-state index in [1.807, 2.05) is 0 Å². The molecule has 3 rings (SSSR count). The minimum atomic E-state index is -0.912. The predicted molar refractivity (Wildman–Crippen MR) is 69.2 cm³/mol. The fraction of sp³-hybridized carbons (Fsp3) is 0.0714. The zero-order valence-electron chi connectivity index (χ0n) is 9.63. The lowest BCUT2D eigenvalue weighted by molar-refractivity contribution is -0.00934. The number of carbonyl (C=O) groups excluding carboxylic acids is 2. The van der Waals surface area contributed by atoms with E-state index in [9.17, 15) is 9.59 Å². The van der Waals surface area contributed by atoms with Gasteiger partial charge >= 0.3 is 5.71 Å². The maximum atomic E-state index is 12.4. The first-order chi connectivity index (χ1) is 9.15. The third kappa shape index (κ3) is 1.55. The largest absolute Gasteiger partial charge is 0.361 e. The molecule has 1 atom stereocenters. The molecular weight excluding hydrogens is 264 g/mol. The summed E-state index contributed by atoms with van der Waals surface area (Å²) in [4.78, 5) is 27.8. The molecule has 2 aliphatic carbocycles. The highest BCUT2D eigenvalue weighted by Gasteiger charge is 2.46. The molecule has 0 aromatic heterocycles. The molecular formula is C14H7ClN2O2. The molecule has 1 unspecified atom stereocenters. The lowest BCUT2D eigenvalue weighted by Gasteiger charge is -2.23. The van der Waals surface area contributed by atoms with Crippen LogP contribution in [0.15, 0.2) is 47.0 Å². The number of nitrogens with zero attached hydrogens (tertiary/aromatic N) is 2. The van der Waals surface area contributed by atoms with Crippen molar-refractivity contribution >= 4 is 28.9 Å². The van der Waals surface area contributed by atoms with E-state index in [-0.39, 0.29) is 22.3 Å². The second kappa shape index (κ2) is 4.12. The predicted octanol–water partition coefficient (Wildman–Crippen LogP) is 2.42. The van der Waals surface area contributed by atoms with Crippen molar-refractivity contribution in [3.8, 4) is 0 Å². The number of benzene rings is 1. The smallest absolute Gasteiger partial charge is 0.325 e. The Morgan fingerprint density at radius 3 is 2.47 bits per heavy atom. The van der Waals surface area contributed by atoms with Gasteiger partial charge in [0.25, 0.3) is 0 Å². The van der Waals surface area contributed by atoms with Crippen LogP contribution in [0.5, 0.6) is 0 Å². The number of allylic oxidation sites excluding steroid dienone is 4. The summed E-state index contributed by atoms with van der Waals surface area (Å²) in [5, 5.41) is 0.164. The van der Waals surface area contributed by atoms with Gasteiger partial charge in [0, 0.05) is 16.7 Å². The van der Waals surface area contributed by atoms with Crippen molar-refractivity contribution in [2.75, 3.05) is 0 Å². The van der Waals surface area contributed by atoms with Crippen LogP contribution in [-0.4, -0.2) is 22.1 Å². The van der Waals surface area contributed by atoms with Crippen LogP contribution in [0.25, 0.3) is 5.53 Å². The van der Waals surface area contributed by atoms with Gasteiger partial charge in [-0.3, -0.25) is 9.59 Å². The summed E-state index contributed by atoms with van der Waals surface area (Å²) in [6, 6.07) is 6.60. The summed E-state index contributed by atoms with van der Waals surface area (Å²) in [6.07, 6.45) is 2.97. The van der Waals surface area contributed by atoms with Crippen molar-refractivity contribution in [3.63, 3.8) is 0 Å². The van der Waals surface area contributed by atoms with E-state index < -0.39 is 5.92 Å². The van der Waals surface area contributed by atoms with Gasteiger partial charge in [-0.1, -0.05) is 41.9 Å². The quantitative estimate of drug-likeness (QED) is 0.536. The molecule has 1 aromatic carbocycles. The first kappa shape index (κ1) is 11.8. The number of rotatable bonds is 0. The average Bonchev–Trinajstić information content (AvgIpc) is 2.44. The highest BCUT2D eigenvalue weighted by atomic mass is 35.5. The zero-order valence-corrected chi connectivity index (χ0v) is 10.4. The Hall–Kier alpha value is -2.29. The molecule has 0 heterocycles. The van der Waals surface area contributed by atoms with Crippen LogP contribution in [0.1, 0.15) is 20.7 Å².